The Labute approximate surface area is 125 Å². The number of amides is 1. The van der Waals surface area contributed by atoms with Gasteiger partial charge in [-0.3, -0.25) is 9.59 Å². The molecule has 0 aliphatic heterocycles. The number of rotatable bonds is 8. The van der Waals surface area contributed by atoms with Crippen LogP contribution in [0.25, 0.3) is 0 Å². The highest BCUT2D eigenvalue weighted by molar-refractivity contribution is 5.78. The van der Waals surface area contributed by atoms with E-state index in [-0.39, 0.29) is 31.4 Å². The fourth-order valence-corrected chi connectivity index (χ4v) is 2.25. The maximum Gasteiger partial charge on any atom is 0.303 e. The van der Waals surface area contributed by atoms with Crippen LogP contribution in [0.3, 0.4) is 0 Å². The summed E-state index contributed by atoms with van der Waals surface area (Å²) in [7, 11) is 0. The minimum Gasteiger partial charge on any atom is -0.481 e. The minimum atomic E-state index is -0.921. The topological polar surface area (TPSA) is 86.6 Å². The molecule has 0 aliphatic carbocycles. The largest absolute Gasteiger partial charge is 0.481 e. The number of carbonyl (C=O) groups is 2. The lowest BCUT2D eigenvalue weighted by atomic mass is 9.85. The number of carboxylic acids is 1. The molecule has 0 radical (unpaired) electrons. The fraction of sp³-hybridized carbons (Fsp3) is 0.500. The van der Waals surface area contributed by atoms with E-state index in [0.29, 0.717) is 6.42 Å². The van der Waals surface area contributed by atoms with Gasteiger partial charge in [0.05, 0.1) is 19.1 Å². The van der Waals surface area contributed by atoms with Gasteiger partial charge in [-0.1, -0.05) is 44.2 Å². The average Bonchev–Trinajstić information content (AvgIpc) is 2.36. The number of hydrogen-bond acceptors (Lipinski definition) is 3. The molecule has 0 aliphatic rings. The number of aliphatic carboxylic acids is 1. The summed E-state index contributed by atoms with van der Waals surface area (Å²) >= 11 is 0. The first kappa shape index (κ1) is 17.2. The van der Waals surface area contributed by atoms with Crippen LogP contribution in [0.5, 0.6) is 0 Å². The molecule has 3 N–H and O–H groups in total. The van der Waals surface area contributed by atoms with E-state index in [1.807, 2.05) is 30.3 Å². The number of carboxylic acid groups (broad SMARTS) is 1. The van der Waals surface area contributed by atoms with Crippen LogP contribution in [0.1, 0.15) is 32.3 Å². The van der Waals surface area contributed by atoms with E-state index in [9.17, 15) is 14.7 Å². The van der Waals surface area contributed by atoms with E-state index < -0.39 is 11.4 Å². The lowest BCUT2D eigenvalue weighted by molar-refractivity contribution is -0.139. The van der Waals surface area contributed by atoms with Crippen molar-refractivity contribution in [1.29, 1.82) is 0 Å². The zero-order chi connectivity index (χ0) is 15.9. The smallest absolute Gasteiger partial charge is 0.303 e. The molecule has 0 fully saturated rings. The molecule has 0 unspecified atom stereocenters. The van der Waals surface area contributed by atoms with Crippen LogP contribution in [0.4, 0.5) is 0 Å². The van der Waals surface area contributed by atoms with Gasteiger partial charge in [-0.2, -0.15) is 0 Å². The first-order valence-corrected chi connectivity index (χ1v) is 6.98. The van der Waals surface area contributed by atoms with Crippen LogP contribution in [0.15, 0.2) is 30.3 Å². The Balaban J connectivity index is 2.53. The standard InChI is InChI=1S/C16H23NO4/c1-16(2,10-15(20)21)9-14(19)17-13(11-18)8-12-6-4-3-5-7-12/h3-7,13,18H,8-11H2,1-2H3,(H,17,19)(H,20,21)/t13-/m0/s1. The molecule has 1 amide bonds. The monoisotopic (exact) mass is 293 g/mol. The summed E-state index contributed by atoms with van der Waals surface area (Å²) in [5.41, 5.74) is 0.421. The van der Waals surface area contributed by atoms with Gasteiger partial charge in [0.25, 0.3) is 0 Å². The summed E-state index contributed by atoms with van der Waals surface area (Å²) in [6, 6.07) is 9.22. The quantitative estimate of drug-likeness (QED) is 0.679. The molecule has 5 heteroatoms. The Kier molecular flexibility index (Phi) is 6.37. The Morgan fingerprint density at radius 2 is 1.81 bits per heavy atom. The number of aliphatic hydroxyl groups excluding tert-OH is 1. The average molecular weight is 293 g/mol. The molecular weight excluding hydrogens is 270 g/mol. The van der Waals surface area contributed by atoms with Gasteiger partial charge in [-0.25, -0.2) is 0 Å². The van der Waals surface area contributed by atoms with Crippen LogP contribution < -0.4 is 5.32 Å². The summed E-state index contributed by atoms with van der Waals surface area (Å²) in [5.74, 6) is -1.16. The zero-order valence-corrected chi connectivity index (χ0v) is 12.5. The van der Waals surface area contributed by atoms with E-state index in [2.05, 4.69) is 5.32 Å². The Morgan fingerprint density at radius 3 is 2.33 bits per heavy atom. The highest BCUT2D eigenvalue weighted by Gasteiger charge is 2.26. The highest BCUT2D eigenvalue weighted by atomic mass is 16.4. The second-order valence-corrected chi connectivity index (χ2v) is 6.05. The van der Waals surface area contributed by atoms with Crippen molar-refractivity contribution in [2.45, 2.75) is 39.2 Å². The van der Waals surface area contributed by atoms with Crippen molar-refractivity contribution in [1.82, 2.24) is 5.32 Å². The van der Waals surface area contributed by atoms with Gasteiger partial charge in [-0.05, 0) is 17.4 Å². The molecule has 1 aromatic rings. The molecule has 5 nitrogen and oxygen atoms in total. The second-order valence-electron chi connectivity index (χ2n) is 6.05. The molecule has 1 rings (SSSR count). The van der Waals surface area contributed by atoms with Crippen LogP contribution in [-0.2, 0) is 16.0 Å². The molecule has 0 bridgehead atoms. The van der Waals surface area contributed by atoms with Crippen molar-refractivity contribution in [3.63, 3.8) is 0 Å². The molecule has 116 valence electrons. The molecule has 1 aromatic carbocycles. The maximum absolute atomic E-state index is 12.0. The Morgan fingerprint density at radius 1 is 1.19 bits per heavy atom. The molecule has 0 saturated carbocycles. The van der Waals surface area contributed by atoms with Gasteiger partial charge in [0.1, 0.15) is 0 Å². The predicted octanol–water partition coefficient (Wildman–Crippen LogP) is 1.60. The fourth-order valence-electron chi connectivity index (χ4n) is 2.25. The Hall–Kier alpha value is -1.88. The first-order chi connectivity index (χ1) is 9.82. The summed E-state index contributed by atoms with van der Waals surface area (Å²) < 4.78 is 0. The van der Waals surface area contributed by atoms with Crippen molar-refractivity contribution < 1.29 is 19.8 Å². The molecule has 21 heavy (non-hydrogen) atoms. The van der Waals surface area contributed by atoms with Gasteiger partial charge in [0.15, 0.2) is 0 Å². The normalized spacial score (nSPS) is 12.7. The van der Waals surface area contributed by atoms with Crippen molar-refractivity contribution in [3.05, 3.63) is 35.9 Å². The third-order valence-electron chi connectivity index (χ3n) is 3.18. The third-order valence-corrected chi connectivity index (χ3v) is 3.18. The van der Waals surface area contributed by atoms with Gasteiger partial charge in [0.2, 0.25) is 5.91 Å². The Bertz CT molecular complexity index is 470. The van der Waals surface area contributed by atoms with Crippen LogP contribution in [0.2, 0.25) is 0 Å². The van der Waals surface area contributed by atoms with Gasteiger partial charge < -0.3 is 15.5 Å². The molecule has 1 atom stereocenters. The lowest BCUT2D eigenvalue weighted by Crippen LogP contribution is -2.41. The number of aliphatic hydroxyl groups is 1. The molecular formula is C16H23NO4. The number of nitrogens with one attached hydrogen (secondary N) is 1. The van der Waals surface area contributed by atoms with E-state index in [1.54, 1.807) is 13.8 Å². The summed E-state index contributed by atoms with van der Waals surface area (Å²) in [4.78, 5) is 22.7. The number of benzene rings is 1. The van der Waals surface area contributed by atoms with E-state index in [1.165, 1.54) is 0 Å². The van der Waals surface area contributed by atoms with Crippen molar-refractivity contribution in [2.24, 2.45) is 5.41 Å². The van der Waals surface area contributed by atoms with Crippen LogP contribution >= 0.6 is 0 Å². The first-order valence-electron chi connectivity index (χ1n) is 6.98. The van der Waals surface area contributed by atoms with Crippen molar-refractivity contribution in [2.75, 3.05) is 6.61 Å². The molecule has 0 saturated heterocycles. The SMILES string of the molecule is CC(C)(CC(=O)O)CC(=O)N[C@H](CO)Cc1ccccc1. The minimum absolute atomic E-state index is 0.0666. The van der Waals surface area contributed by atoms with E-state index >= 15 is 0 Å². The van der Waals surface area contributed by atoms with Gasteiger partial charge in [0, 0.05) is 6.42 Å². The van der Waals surface area contributed by atoms with Crippen LogP contribution in [0, 0.1) is 5.41 Å². The second kappa shape index (κ2) is 7.78. The van der Waals surface area contributed by atoms with Crippen molar-refractivity contribution >= 4 is 11.9 Å². The molecule has 0 spiro atoms. The van der Waals surface area contributed by atoms with Crippen molar-refractivity contribution in [3.8, 4) is 0 Å². The summed E-state index contributed by atoms with van der Waals surface area (Å²) in [6.45, 7) is 3.33. The highest BCUT2D eigenvalue weighted by Crippen LogP contribution is 2.24. The predicted molar refractivity (Wildman–Crippen MR) is 79.8 cm³/mol. The van der Waals surface area contributed by atoms with E-state index in [4.69, 9.17) is 5.11 Å². The zero-order valence-electron chi connectivity index (χ0n) is 12.5. The van der Waals surface area contributed by atoms with Gasteiger partial charge >= 0.3 is 5.97 Å². The van der Waals surface area contributed by atoms with E-state index in [0.717, 1.165) is 5.56 Å². The number of hydrogen-bond donors (Lipinski definition) is 3. The number of carbonyl (C=O) groups excluding carboxylic acids is 1. The summed E-state index contributed by atoms with van der Waals surface area (Å²) in [5, 5.41) is 20.9. The third kappa shape index (κ3) is 6.90. The van der Waals surface area contributed by atoms with Crippen LogP contribution in [-0.4, -0.2) is 34.7 Å². The molecule has 0 aromatic heterocycles. The summed E-state index contributed by atoms with van der Waals surface area (Å²) in [6.07, 6.45) is 0.593. The molecule has 0 heterocycles. The maximum atomic E-state index is 12.0. The lowest BCUT2D eigenvalue weighted by Gasteiger charge is -2.23. The van der Waals surface area contributed by atoms with Gasteiger partial charge in [-0.15, -0.1) is 0 Å².